The second-order valence-electron chi connectivity index (χ2n) is 9.48. The highest BCUT2D eigenvalue weighted by Gasteiger charge is 2.08. The Morgan fingerprint density at radius 1 is 0.697 bits per heavy atom. The fourth-order valence-electron chi connectivity index (χ4n) is 4.32. The van der Waals surface area contributed by atoms with E-state index < -0.39 is 6.17 Å². The molecule has 0 fully saturated rings. The van der Waals surface area contributed by atoms with Crippen LogP contribution in [0.25, 0.3) is 11.4 Å². The molecule has 1 atom stereocenters. The lowest BCUT2D eigenvalue weighted by molar-refractivity contribution is 0.287. The van der Waals surface area contributed by atoms with E-state index in [4.69, 9.17) is 0 Å². The highest BCUT2D eigenvalue weighted by molar-refractivity contribution is 5.55. The molecule has 0 unspecified atom stereocenters. The van der Waals surface area contributed by atoms with Crippen molar-refractivity contribution in [3.63, 3.8) is 0 Å². The van der Waals surface area contributed by atoms with E-state index in [0.29, 0.717) is 18.7 Å². The van der Waals surface area contributed by atoms with Gasteiger partial charge >= 0.3 is 0 Å². The van der Waals surface area contributed by atoms with Crippen LogP contribution in [0.4, 0.5) is 4.39 Å². The van der Waals surface area contributed by atoms with Gasteiger partial charge in [-0.3, -0.25) is 0 Å². The first-order chi connectivity index (χ1) is 16.2. The molecule has 1 heterocycles. The Balaban J connectivity index is 1.43. The van der Waals surface area contributed by atoms with E-state index in [2.05, 4.69) is 16.9 Å². The van der Waals surface area contributed by atoms with E-state index in [1.54, 1.807) is 0 Å². The Bertz CT molecular complexity index is 717. The lowest BCUT2D eigenvalue weighted by atomic mass is 10.0. The molecule has 2 aromatic rings. The number of hydrogen-bond acceptors (Lipinski definition) is 3. The fraction of sp³-hybridized carbons (Fsp3) is 0.655. The van der Waals surface area contributed by atoms with Gasteiger partial charge in [0.25, 0.3) is 0 Å². The predicted octanol–water partition coefficient (Wildman–Crippen LogP) is 8.99. The van der Waals surface area contributed by atoms with Crippen molar-refractivity contribution in [2.75, 3.05) is 0 Å². The molecule has 0 bridgehead atoms. The average Bonchev–Trinajstić information content (AvgIpc) is 2.84. The molecule has 0 aliphatic rings. The maximum absolute atomic E-state index is 14.3. The Kier molecular flexibility index (Phi) is 14.5. The molecular formula is C29H45FN2O. The molecule has 0 saturated heterocycles. The molecule has 3 nitrogen and oxygen atoms in total. The van der Waals surface area contributed by atoms with Gasteiger partial charge in [-0.05, 0) is 24.8 Å². The number of nitrogens with zero attached hydrogens (tertiary/aromatic N) is 2. The van der Waals surface area contributed by atoms with E-state index in [0.717, 1.165) is 24.0 Å². The van der Waals surface area contributed by atoms with Gasteiger partial charge in [-0.25, -0.2) is 14.4 Å². The summed E-state index contributed by atoms with van der Waals surface area (Å²) < 4.78 is 14.3. The quantitative estimate of drug-likeness (QED) is 0.214. The Morgan fingerprint density at radius 3 is 1.70 bits per heavy atom. The largest absolute Gasteiger partial charge is 0.505 e. The molecule has 0 spiro atoms. The van der Waals surface area contributed by atoms with Crippen molar-refractivity contribution in [3.8, 4) is 17.1 Å². The van der Waals surface area contributed by atoms with Crippen molar-refractivity contribution >= 4 is 0 Å². The molecule has 0 saturated carbocycles. The maximum Gasteiger partial charge on any atom is 0.159 e. The predicted molar refractivity (Wildman–Crippen MR) is 137 cm³/mol. The number of aryl methyl sites for hydroxylation is 1. The van der Waals surface area contributed by atoms with E-state index in [1.807, 2.05) is 24.3 Å². The van der Waals surface area contributed by atoms with Gasteiger partial charge in [0.05, 0.1) is 12.4 Å². The summed E-state index contributed by atoms with van der Waals surface area (Å²) in [6.45, 7) is 2.27. The summed E-state index contributed by atoms with van der Waals surface area (Å²) in [6, 6.07) is 7.96. The van der Waals surface area contributed by atoms with Gasteiger partial charge in [0.15, 0.2) is 11.6 Å². The van der Waals surface area contributed by atoms with Gasteiger partial charge in [0, 0.05) is 5.56 Å². The summed E-state index contributed by atoms with van der Waals surface area (Å²) in [5.41, 5.74) is 2.04. The van der Waals surface area contributed by atoms with Crippen LogP contribution in [0.2, 0.25) is 0 Å². The first kappa shape index (κ1) is 27.3. The van der Waals surface area contributed by atoms with E-state index in [9.17, 15) is 9.50 Å². The molecule has 1 aromatic carbocycles. The SMILES string of the molecule is CCCCCCCCCCCCCCCC[C@@H](F)CCc1ccc(-c2ncc(O)cn2)cc1. The van der Waals surface area contributed by atoms with Gasteiger partial charge in [0.2, 0.25) is 0 Å². The highest BCUT2D eigenvalue weighted by Crippen LogP contribution is 2.19. The van der Waals surface area contributed by atoms with Gasteiger partial charge in [-0.2, -0.15) is 0 Å². The average molecular weight is 457 g/mol. The van der Waals surface area contributed by atoms with Crippen LogP contribution in [0.15, 0.2) is 36.7 Å². The van der Waals surface area contributed by atoms with Gasteiger partial charge < -0.3 is 5.11 Å². The Morgan fingerprint density at radius 2 is 1.18 bits per heavy atom. The lowest BCUT2D eigenvalue weighted by Gasteiger charge is -2.09. The van der Waals surface area contributed by atoms with E-state index in [1.165, 1.54) is 95.9 Å². The molecule has 2 rings (SSSR count). The molecule has 1 aromatic heterocycles. The van der Waals surface area contributed by atoms with Crippen LogP contribution in [0, 0.1) is 0 Å². The topological polar surface area (TPSA) is 46.0 Å². The molecule has 0 radical (unpaired) electrons. The number of aromatic hydroxyl groups is 1. The first-order valence-corrected chi connectivity index (χ1v) is 13.4. The summed E-state index contributed by atoms with van der Waals surface area (Å²) >= 11 is 0. The fourth-order valence-corrected chi connectivity index (χ4v) is 4.32. The maximum atomic E-state index is 14.3. The smallest absolute Gasteiger partial charge is 0.159 e. The molecule has 0 aliphatic heterocycles. The van der Waals surface area contributed by atoms with Crippen LogP contribution < -0.4 is 0 Å². The minimum atomic E-state index is -0.706. The summed E-state index contributed by atoms with van der Waals surface area (Å²) in [5, 5.41) is 9.29. The summed E-state index contributed by atoms with van der Waals surface area (Å²) in [4.78, 5) is 8.24. The molecule has 1 N–H and O–H groups in total. The Hall–Kier alpha value is -1.97. The number of hydrogen-bond donors (Lipinski definition) is 1. The van der Waals surface area contributed by atoms with Gasteiger partial charge in [0.1, 0.15) is 6.17 Å². The zero-order valence-corrected chi connectivity index (χ0v) is 20.8. The summed E-state index contributed by atoms with van der Waals surface area (Å²) in [5.74, 6) is 0.642. The number of unbranched alkanes of at least 4 members (excludes halogenated alkanes) is 13. The minimum absolute atomic E-state index is 0.0585. The van der Waals surface area contributed by atoms with Crippen LogP contribution in [0.5, 0.6) is 5.75 Å². The van der Waals surface area contributed by atoms with E-state index in [-0.39, 0.29) is 5.75 Å². The van der Waals surface area contributed by atoms with Crippen LogP contribution in [0.1, 0.15) is 115 Å². The van der Waals surface area contributed by atoms with Crippen LogP contribution >= 0.6 is 0 Å². The lowest BCUT2D eigenvalue weighted by Crippen LogP contribution is -2.02. The zero-order chi connectivity index (χ0) is 23.6. The second kappa shape index (κ2) is 17.5. The number of rotatable bonds is 19. The Labute approximate surface area is 201 Å². The minimum Gasteiger partial charge on any atom is -0.505 e. The summed E-state index contributed by atoms with van der Waals surface area (Å²) in [6.07, 6.45) is 22.8. The third kappa shape index (κ3) is 12.7. The molecule has 0 amide bonds. The van der Waals surface area contributed by atoms with Crippen LogP contribution in [0.3, 0.4) is 0 Å². The zero-order valence-electron chi connectivity index (χ0n) is 20.8. The number of aromatic nitrogens is 2. The molecule has 0 aliphatic carbocycles. The number of alkyl halides is 1. The second-order valence-corrected chi connectivity index (χ2v) is 9.48. The molecule has 4 heteroatoms. The van der Waals surface area contributed by atoms with Crippen LogP contribution in [-0.2, 0) is 6.42 Å². The number of benzene rings is 1. The van der Waals surface area contributed by atoms with E-state index >= 15 is 0 Å². The van der Waals surface area contributed by atoms with Crippen LogP contribution in [-0.4, -0.2) is 21.2 Å². The first-order valence-electron chi connectivity index (χ1n) is 13.4. The van der Waals surface area contributed by atoms with Crippen molar-refractivity contribution in [1.29, 1.82) is 0 Å². The standard InChI is InChI=1S/C29H45FN2O/c1-2-3-4-5-6-7-8-9-10-11-12-13-14-15-16-27(30)22-19-25-17-20-26(21-18-25)29-31-23-28(33)24-32-29/h17-18,20-21,23-24,27,33H,2-16,19,22H2,1H3/t27-/m1/s1. The van der Waals surface area contributed by atoms with Crippen molar-refractivity contribution in [3.05, 3.63) is 42.2 Å². The van der Waals surface area contributed by atoms with Crippen molar-refractivity contribution in [2.45, 2.75) is 122 Å². The third-order valence-corrected chi connectivity index (χ3v) is 6.47. The normalized spacial score (nSPS) is 12.2. The molecule has 184 valence electrons. The summed E-state index contributed by atoms with van der Waals surface area (Å²) in [7, 11) is 0. The number of halogens is 1. The van der Waals surface area contributed by atoms with Crippen molar-refractivity contribution in [1.82, 2.24) is 9.97 Å². The van der Waals surface area contributed by atoms with Crippen molar-refractivity contribution < 1.29 is 9.50 Å². The van der Waals surface area contributed by atoms with Gasteiger partial charge in [-0.15, -0.1) is 0 Å². The third-order valence-electron chi connectivity index (χ3n) is 6.47. The monoisotopic (exact) mass is 456 g/mol. The van der Waals surface area contributed by atoms with Gasteiger partial charge in [-0.1, -0.05) is 121 Å². The molecular weight excluding hydrogens is 411 g/mol. The van der Waals surface area contributed by atoms with Crippen molar-refractivity contribution in [2.24, 2.45) is 0 Å². The highest BCUT2D eigenvalue weighted by atomic mass is 19.1. The molecule has 33 heavy (non-hydrogen) atoms.